The number of halogens is 1. The van der Waals surface area contributed by atoms with Crippen molar-refractivity contribution in [3.8, 4) is 0 Å². The molecule has 134 valence electrons. The van der Waals surface area contributed by atoms with Gasteiger partial charge in [0.2, 0.25) is 21.8 Å². The Labute approximate surface area is 145 Å². The Morgan fingerprint density at radius 1 is 1.08 bits per heavy atom. The van der Waals surface area contributed by atoms with Crippen molar-refractivity contribution in [3.05, 3.63) is 41.9 Å². The van der Waals surface area contributed by atoms with E-state index in [0.717, 1.165) is 25.0 Å². The van der Waals surface area contributed by atoms with Gasteiger partial charge >= 0.3 is 0 Å². The molecule has 4 rings (SSSR count). The monoisotopic (exact) mass is 366 g/mol. The van der Waals surface area contributed by atoms with Gasteiger partial charge in [-0.15, -0.1) is 10.2 Å². The summed E-state index contributed by atoms with van der Waals surface area (Å²) in [6.45, 7) is 2.46. The van der Waals surface area contributed by atoms with Crippen LogP contribution in [0.4, 0.5) is 4.39 Å². The molecule has 0 atom stereocenters. The lowest BCUT2D eigenvalue weighted by Crippen LogP contribution is -2.48. The molecular formula is C16H19FN4O3S. The minimum absolute atomic E-state index is 0.119. The maximum Gasteiger partial charge on any atom is 0.243 e. The lowest BCUT2D eigenvalue weighted by Gasteiger charge is -2.33. The van der Waals surface area contributed by atoms with Gasteiger partial charge in [-0.25, -0.2) is 12.8 Å². The molecule has 2 heterocycles. The highest BCUT2D eigenvalue weighted by Crippen LogP contribution is 2.39. The zero-order chi connectivity index (χ0) is 17.4. The van der Waals surface area contributed by atoms with E-state index in [1.807, 2.05) is 0 Å². The first-order chi connectivity index (χ1) is 12.0. The van der Waals surface area contributed by atoms with Crippen molar-refractivity contribution in [1.82, 2.24) is 19.4 Å². The third-order valence-corrected chi connectivity index (χ3v) is 6.46. The van der Waals surface area contributed by atoms with Crippen LogP contribution < -0.4 is 0 Å². The summed E-state index contributed by atoms with van der Waals surface area (Å²) in [5.74, 6) is 1.28. The van der Waals surface area contributed by atoms with E-state index >= 15 is 0 Å². The highest BCUT2D eigenvalue weighted by atomic mass is 32.2. The van der Waals surface area contributed by atoms with Crippen molar-refractivity contribution in [3.63, 3.8) is 0 Å². The number of hydrogen-bond donors (Lipinski definition) is 0. The Hall–Kier alpha value is -1.84. The van der Waals surface area contributed by atoms with Gasteiger partial charge in [-0.2, -0.15) is 4.31 Å². The zero-order valence-electron chi connectivity index (χ0n) is 13.6. The fraction of sp³-hybridized carbons (Fsp3) is 0.500. The number of sulfonamides is 1. The van der Waals surface area contributed by atoms with Gasteiger partial charge < -0.3 is 4.42 Å². The number of piperazine rings is 1. The molecule has 2 aliphatic rings. The molecule has 0 amide bonds. The van der Waals surface area contributed by atoms with Crippen molar-refractivity contribution in [1.29, 1.82) is 0 Å². The van der Waals surface area contributed by atoms with Gasteiger partial charge in [-0.05, 0) is 37.1 Å². The van der Waals surface area contributed by atoms with Gasteiger partial charge in [0, 0.05) is 32.1 Å². The molecule has 9 heteroatoms. The fourth-order valence-electron chi connectivity index (χ4n) is 2.90. The lowest BCUT2D eigenvalue weighted by atomic mass is 10.3. The molecule has 1 aromatic heterocycles. The van der Waals surface area contributed by atoms with Crippen LogP contribution in [0.25, 0.3) is 0 Å². The minimum Gasteiger partial charge on any atom is -0.424 e. The van der Waals surface area contributed by atoms with Crippen molar-refractivity contribution in [2.75, 3.05) is 26.2 Å². The Morgan fingerprint density at radius 2 is 1.76 bits per heavy atom. The van der Waals surface area contributed by atoms with Gasteiger partial charge in [0.1, 0.15) is 5.82 Å². The first kappa shape index (κ1) is 16.6. The maximum atomic E-state index is 13.0. The molecule has 1 aliphatic heterocycles. The minimum atomic E-state index is -3.59. The van der Waals surface area contributed by atoms with Crippen LogP contribution in [0.1, 0.15) is 30.5 Å². The van der Waals surface area contributed by atoms with E-state index in [9.17, 15) is 12.8 Å². The molecule has 1 aromatic carbocycles. The SMILES string of the molecule is O=S(=O)(c1ccc(F)cc1)N1CCN(Cc2nnc(C3CC3)o2)CC1. The Morgan fingerprint density at radius 3 is 2.40 bits per heavy atom. The molecule has 2 aromatic rings. The molecule has 0 unspecified atom stereocenters. The number of rotatable bonds is 5. The van der Waals surface area contributed by atoms with Crippen LogP contribution >= 0.6 is 0 Å². The maximum absolute atomic E-state index is 13.0. The smallest absolute Gasteiger partial charge is 0.243 e. The molecule has 0 spiro atoms. The number of hydrogen-bond acceptors (Lipinski definition) is 6. The fourth-order valence-corrected chi connectivity index (χ4v) is 4.32. The Balaban J connectivity index is 1.36. The van der Waals surface area contributed by atoms with E-state index in [1.165, 1.54) is 16.4 Å². The molecular weight excluding hydrogens is 347 g/mol. The van der Waals surface area contributed by atoms with Crippen molar-refractivity contribution >= 4 is 10.0 Å². The van der Waals surface area contributed by atoms with Crippen LogP contribution in [-0.4, -0.2) is 54.0 Å². The predicted octanol–water partition coefficient (Wildman–Crippen LogP) is 1.59. The quantitative estimate of drug-likeness (QED) is 0.800. The standard InChI is InChI=1S/C16H19FN4O3S/c17-13-3-5-14(6-4-13)25(22,23)21-9-7-20(8-10-21)11-15-18-19-16(24-15)12-1-2-12/h3-6,12H,1-2,7-11H2. The van der Waals surface area contributed by atoms with Crippen LogP contribution in [0.3, 0.4) is 0 Å². The summed E-state index contributed by atoms with van der Waals surface area (Å²) in [7, 11) is -3.59. The highest BCUT2D eigenvalue weighted by molar-refractivity contribution is 7.89. The van der Waals surface area contributed by atoms with E-state index in [0.29, 0.717) is 50.4 Å². The summed E-state index contributed by atoms with van der Waals surface area (Å²) in [5.41, 5.74) is 0. The van der Waals surface area contributed by atoms with Crippen LogP contribution in [0, 0.1) is 5.82 Å². The third-order valence-electron chi connectivity index (χ3n) is 4.55. The largest absolute Gasteiger partial charge is 0.424 e. The van der Waals surface area contributed by atoms with E-state index in [-0.39, 0.29) is 4.90 Å². The second-order valence-electron chi connectivity index (χ2n) is 6.44. The molecule has 25 heavy (non-hydrogen) atoms. The molecule has 2 fully saturated rings. The summed E-state index contributed by atoms with van der Waals surface area (Å²) in [5, 5.41) is 8.13. The summed E-state index contributed by atoms with van der Waals surface area (Å²) < 4.78 is 45.3. The van der Waals surface area contributed by atoms with Gasteiger partial charge in [0.25, 0.3) is 0 Å². The van der Waals surface area contributed by atoms with Gasteiger partial charge in [0.15, 0.2) is 0 Å². The second kappa shape index (κ2) is 6.47. The Kier molecular flexibility index (Phi) is 4.30. The topological polar surface area (TPSA) is 79.5 Å². The third kappa shape index (κ3) is 3.58. The predicted molar refractivity (Wildman–Crippen MR) is 86.7 cm³/mol. The van der Waals surface area contributed by atoms with Gasteiger partial charge in [-0.1, -0.05) is 0 Å². The molecule has 1 aliphatic carbocycles. The normalized spacial score (nSPS) is 20.0. The highest BCUT2D eigenvalue weighted by Gasteiger charge is 2.31. The van der Waals surface area contributed by atoms with E-state index in [4.69, 9.17) is 4.42 Å². The summed E-state index contributed by atoms with van der Waals surface area (Å²) >= 11 is 0. The van der Waals surface area contributed by atoms with Crippen LogP contribution in [0.15, 0.2) is 33.6 Å². The molecule has 0 bridgehead atoms. The van der Waals surface area contributed by atoms with E-state index in [2.05, 4.69) is 15.1 Å². The zero-order valence-corrected chi connectivity index (χ0v) is 14.5. The summed E-state index contributed by atoms with van der Waals surface area (Å²) in [6.07, 6.45) is 2.23. The van der Waals surface area contributed by atoms with Crippen LogP contribution in [0.5, 0.6) is 0 Å². The first-order valence-electron chi connectivity index (χ1n) is 8.33. The van der Waals surface area contributed by atoms with Crippen molar-refractivity contribution < 1.29 is 17.2 Å². The average Bonchev–Trinajstić information content (AvgIpc) is 3.36. The second-order valence-corrected chi connectivity index (χ2v) is 8.38. The van der Waals surface area contributed by atoms with Gasteiger partial charge in [-0.3, -0.25) is 4.90 Å². The molecule has 1 saturated carbocycles. The van der Waals surface area contributed by atoms with Gasteiger partial charge in [0.05, 0.1) is 11.4 Å². The number of nitrogens with zero attached hydrogens (tertiary/aromatic N) is 4. The Bertz CT molecular complexity index is 841. The van der Waals surface area contributed by atoms with Crippen LogP contribution in [-0.2, 0) is 16.6 Å². The van der Waals surface area contributed by atoms with Crippen molar-refractivity contribution in [2.24, 2.45) is 0 Å². The molecule has 1 saturated heterocycles. The summed E-state index contributed by atoms with van der Waals surface area (Å²) in [4.78, 5) is 2.22. The molecule has 0 radical (unpaired) electrons. The first-order valence-corrected chi connectivity index (χ1v) is 9.77. The number of aromatic nitrogens is 2. The van der Waals surface area contributed by atoms with E-state index in [1.54, 1.807) is 0 Å². The lowest BCUT2D eigenvalue weighted by molar-refractivity contribution is 0.167. The number of benzene rings is 1. The van der Waals surface area contributed by atoms with Crippen molar-refractivity contribution in [2.45, 2.75) is 30.2 Å². The summed E-state index contributed by atoms with van der Waals surface area (Å²) in [6, 6.07) is 4.93. The molecule has 7 nitrogen and oxygen atoms in total. The average molecular weight is 366 g/mol. The van der Waals surface area contributed by atoms with Crippen LogP contribution in [0.2, 0.25) is 0 Å². The molecule has 0 N–H and O–H groups in total. The van der Waals surface area contributed by atoms with E-state index < -0.39 is 15.8 Å².